The van der Waals surface area contributed by atoms with Crippen LogP contribution in [0.2, 0.25) is 0 Å². The van der Waals surface area contributed by atoms with Gasteiger partial charge in [-0.25, -0.2) is 9.18 Å². The molecule has 1 spiro atoms. The van der Waals surface area contributed by atoms with Crippen molar-refractivity contribution in [3.8, 4) is 5.75 Å². The van der Waals surface area contributed by atoms with Crippen molar-refractivity contribution in [3.63, 3.8) is 0 Å². The molecule has 0 aliphatic carbocycles. The fraction of sp³-hybridized carbons (Fsp3) is 0.424. The maximum atomic E-state index is 16.2. The number of piperidine rings is 1. The maximum absolute atomic E-state index is 16.2. The number of hydrogen-bond acceptors (Lipinski definition) is 9. The summed E-state index contributed by atoms with van der Waals surface area (Å²) in [5.41, 5.74) is 1.36. The summed E-state index contributed by atoms with van der Waals surface area (Å²) in [6.45, 7) is 1.84. The number of hydrogen-bond donors (Lipinski definition) is 0. The zero-order chi connectivity index (χ0) is 31.0. The Bertz CT molecular complexity index is 1780. The van der Waals surface area contributed by atoms with Crippen LogP contribution in [0, 0.1) is 11.7 Å². The van der Waals surface area contributed by atoms with Gasteiger partial charge in [-0.05, 0) is 48.9 Å². The van der Waals surface area contributed by atoms with Crippen LogP contribution < -0.4 is 15.2 Å². The van der Waals surface area contributed by atoms with Gasteiger partial charge < -0.3 is 23.8 Å². The Balaban J connectivity index is 1.38. The molecule has 3 saturated heterocycles. The predicted molar refractivity (Wildman–Crippen MR) is 161 cm³/mol. The zero-order valence-corrected chi connectivity index (χ0v) is 25.6. The number of nitrogens with zero attached hydrogens (tertiary/aromatic N) is 3. The Hall–Kier alpha value is -4.03. The number of aromatic nitrogens is 1. The molecule has 5 aliphatic rings. The molecule has 6 heterocycles. The molecule has 0 radical (unpaired) electrons. The minimum Gasteiger partial charge on any atom is -0.448 e. The third kappa shape index (κ3) is 4.28. The minimum absolute atomic E-state index is 0.00800. The van der Waals surface area contributed by atoms with E-state index in [1.807, 2.05) is 30.3 Å². The van der Waals surface area contributed by atoms with Crippen LogP contribution in [0.3, 0.4) is 0 Å². The predicted octanol–water partition coefficient (Wildman–Crippen LogP) is 4.95. The van der Waals surface area contributed by atoms with Gasteiger partial charge in [-0.15, -0.1) is 11.8 Å². The number of ether oxygens (including phenoxy) is 4. The monoisotopic (exact) mass is 633 g/mol. The van der Waals surface area contributed by atoms with Gasteiger partial charge in [0.15, 0.2) is 5.69 Å². The molecule has 3 fully saturated rings. The minimum atomic E-state index is -1.23. The summed E-state index contributed by atoms with van der Waals surface area (Å²) < 4.78 is 40.1. The molecule has 2 bridgehead atoms. The Morgan fingerprint density at radius 3 is 2.80 bits per heavy atom. The van der Waals surface area contributed by atoms with Gasteiger partial charge in [0.05, 0.1) is 18.8 Å². The van der Waals surface area contributed by atoms with Crippen molar-refractivity contribution < 1.29 is 32.9 Å². The lowest BCUT2D eigenvalue weighted by molar-refractivity contribution is -0.0764. The third-order valence-corrected chi connectivity index (χ3v) is 11.1. The van der Waals surface area contributed by atoms with Gasteiger partial charge in [0, 0.05) is 47.9 Å². The first-order valence-corrected chi connectivity index (χ1v) is 16.2. The van der Waals surface area contributed by atoms with Gasteiger partial charge in [-0.2, -0.15) is 0 Å². The number of rotatable bonds is 4. The van der Waals surface area contributed by atoms with Gasteiger partial charge >= 0.3 is 6.16 Å². The van der Waals surface area contributed by atoms with Crippen LogP contribution in [0.5, 0.6) is 5.75 Å². The van der Waals surface area contributed by atoms with Crippen molar-refractivity contribution in [3.05, 3.63) is 93.2 Å². The molecule has 2 aromatic carbocycles. The summed E-state index contributed by atoms with van der Waals surface area (Å²) in [5, 5.41) is 2.07. The molecule has 0 N–H and O–H groups in total. The highest BCUT2D eigenvalue weighted by Crippen LogP contribution is 2.57. The second kappa shape index (κ2) is 10.5. The van der Waals surface area contributed by atoms with Crippen molar-refractivity contribution in [2.45, 2.75) is 73.5 Å². The summed E-state index contributed by atoms with van der Waals surface area (Å²) in [6.07, 6.45) is 2.31. The number of pyridine rings is 1. The lowest BCUT2D eigenvalue weighted by Crippen LogP contribution is -2.70. The smallest absolute Gasteiger partial charge is 0.448 e. The van der Waals surface area contributed by atoms with E-state index in [0.29, 0.717) is 24.3 Å². The van der Waals surface area contributed by atoms with Gasteiger partial charge in [0.25, 0.3) is 5.91 Å². The van der Waals surface area contributed by atoms with E-state index >= 15 is 4.39 Å². The summed E-state index contributed by atoms with van der Waals surface area (Å²) >= 11 is 1.65. The SMILES string of the molecule is COC(=O)OC(C)Oc1c2n(ccc1=O)N(C1c3ccccc3SCc3cccc(F)c31)[C@@H]1[C@H]3C[C@@H]4CC[C@@]3(CCN1C2=O)O4. The molecule has 5 aliphatic heterocycles. The fourth-order valence-electron chi connectivity index (χ4n) is 8.12. The van der Waals surface area contributed by atoms with E-state index in [4.69, 9.17) is 14.2 Å². The number of amides is 1. The van der Waals surface area contributed by atoms with E-state index in [9.17, 15) is 14.4 Å². The van der Waals surface area contributed by atoms with Crippen LogP contribution >= 0.6 is 11.8 Å². The first-order valence-electron chi connectivity index (χ1n) is 15.2. The Labute approximate surface area is 263 Å². The highest BCUT2D eigenvalue weighted by molar-refractivity contribution is 7.98. The van der Waals surface area contributed by atoms with E-state index < -0.39 is 30.1 Å². The molecule has 45 heavy (non-hydrogen) atoms. The van der Waals surface area contributed by atoms with Crippen molar-refractivity contribution in [2.75, 3.05) is 18.7 Å². The lowest BCUT2D eigenvalue weighted by Gasteiger charge is -2.57. The third-order valence-electron chi connectivity index (χ3n) is 9.95. The van der Waals surface area contributed by atoms with Crippen molar-refractivity contribution in [1.29, 1.82) is 0 Å². The van der Waals surface area contributed by atoms with Gasteiger partial charge in [0.1, 0.15) is 18.0 Å². The molecular formula is C33H32FN3O7S. The normalized spacial score (nSPS) is 28.2. The number of methoxy groups -OCH3 is 1. The standard InChI is InChI=1S/C33H32FN3O7S/c1-18(43-32(40)41-2)42-29-24(38)11-14-36-28(29)31(39)35-15-13-33-12-10-20(44-33)16-22(33)30(35)37(36)27-21-7-3-4-9-25(21)45-17-19-6-5-8-23(34)26(19)27/h3-9,11,14,18,20,22,27,30H,10,12-13,15-17H2,1-2H3/t18?,20-,22+,27?,30+,33-/m0/s1. The number of benzene rings is 2. The zero-order valence-electron chi connectivity index (χ0n) is 24.8. The highest BCUT2D eigenvalue weighted by Gasteiger charge is 2.63. The summed E-state index contributed by atoms with van der Waals surface area (Å²) in [5.74, 6) is -0.430. The molecule has 12 heteroatoms. The van der Waals surface area contributed by atoms with Crippen LogP contribution in [0.1, 0.15) is 65.8 Å². The van der Waals surface area contributed by atoms with E-state index in [0.717, 1.165) is 42.4 Å². The van der Waals surface area contributed by atoms with Crippen molar-refractivity contribution in [2.24, 2.45) is 5.92 Å². The van der Waals surface area contributed by atoms with Gasteiger partial charge in [-0.3, -0.25) is 19.3 Å². The largest absolute Gasteiger partial charge is 0.511 e. The van der Waals surface area contributed by atoms with Crippen LogP contribution in [0.15, 0.2) is 64.4 Å². The van der Waals surface area contributed by atoms with Crippen LogP contribution in [-0.2, 0) is 20.0 Å². The second-order valence-electron chi connectivity index (χ2n) is 12.2. The lowest BCUT2D eigenvalue weighted by atomic mass is 9.71. The first kappa shape index (κ1) is 28.4. The van der Waals surface area contributed by atoms with Crippen LogP contribution in [-0.4, -0.2) is 59.5 Å². The average Bonchev–Trinajstić information content (AvgIpc) is 3.57. The first-order chi connectivity index (χ1) is 21.8. The topological polar surface area (TPSA) is 99.5 Å². The van der Waals surface area contributed by atoms with Crippen molar-refractivity contribution >= 4 is 23.8 Å². The molecule has 10 nitrogen and oxygen atoms in total. The van der Waals surface area contributed by atoms with E-state index in [1.165, 1.54) is 19.1 Å². The molecule has 8 rings (SSSR count). The summed E-state index contributed by atoms with van der Waals surface area (Å²) in [6, 6.07) is 13.8. The molecule has 234 valence electrons. The number of thioether (sulfide) groups is 1. The molecule has 1 aromatic heterocycles. The molecule has 0 saturated carbocycles. The fourth-order valence-corrected chi connectivity index (χ4v) is 9.21. The molecule has 6 atom stereocenters. The quantitative estimate of drug-likeness (QED) is 0.292. The summed E-state index contributed by atoms with van der Waals surface area (Å²) in [7, 11) is 1.16. The van der Waals surface area contributed by atoms with E-state index in [1.54, 1.807) is 33.6 Å². The van der Waals surface area contributed by atoms with Crippen LogP contribution in [0.4, 0.5) is 9.18 Å². The maximum Gasteiger partial charge on any atom is 0.511 e. The molecule has 3 aromatic rings. The average molecular weight is 634 g/mol. The second-order valence-corrected chi connectivity index (χ2v) is 13.2. The molecular weight excluding hydrogens is 601 g/mol. The van der Waals surface area contributed by atoms with E-state index in [2.05, 4.69) is 9.75 Å². The Kier molecular flexibility index (Phi) is 6.65. The number of fused-ring (bicyclic) bond motifs is 6. The Morgan fingerprint density at radius 1 is 1.13 bits per heavy atom. The molecule has 1 amide bonds. The summed E-state index contributed by atoms with van der Waals surface area (Å²) in [4.78, 5) is 42.6. The van der Waals surface area contributed by atoms with Gasteiger partial charge in [-0.1, -0.05) is 30.3 Å². The Morgan fingerprint density at radius 2 is 1.98 bits per heavy atom. The highest BCUT2D eigenvalue weighted by atomic mass is 32.2. The number of carbonyl (C=O) groups excluding carboxylic acids is 2. The number of halogens is 1. The van der Waals surface area contributed by atoms with Crippen molar-refractivity contribution in [1.82, 2.24) is 9.58 Å². The van der Waals surface area contributed by atoms with Crippen LogP contribution in [0.25, 0.3) is 0 Å². The molecule has 2 unspecified atom stereocenters. The number of carbonyl (C=O) groups is 2. The van der Waals surface area contributed by atoms with E-state index in [-0.39, 0.29) is 40.8 Å². The van der Waals surface area contributed by atoms with Gasteiger partial charge in [0.2, 0.25) is 17.5 Å².